The Bertz CT molecular complexity index is 674. The first-order chi connectivity index (χ1) is 9.88. The molecule has 0 aliphatic carbocycles. The van der Waals surface area contributed by atoms with E-state index in [4.69, 9.17) is 4.74 Å². The lowest BCUT2D eigenvalue weighted by molar-refractivity contribution is 0.482. The van der Waals surface area contributed by atoms with Crippen molar-refractivity contribution in [3.05, 3.63) is 35.9 Å². The van der Waals surface area contributed by atoms with Crippen molar-refractivity contribution in [1.29, 1.82) is 0 Å². The van der Waals surface area contributed by atoms with Gasteiger partial charge in [0.25, 0.3) is 0 Å². The van der Waals surface area contributed by atoms with E-state index >= 15 is 0 Å². The van der Waals surface area contributed by atoms with E-state index in [1.807, 2.05) is 30.3 Å². The Morgan fingerprint density at radius 2 is 2.05 bits per heavy atom. The number of benzene rings is 1. The van der Waals surface area contributed by atoms with Crippen LogP contribution in [0.2, 0.25) is 0 Å². The van der Waals surface area contributed by atoms with Crippen LogP contribution in [0, 0.1) is 12.0 Å². The molecule has 3 rings (SSSR count). The Morgan fingerprint density at radius 3 is 2.85 bits per heavy atom. The predicted molar refractivity (Wildman–Crippen MR) is 80.6 cm³/mol. The smallest absolute Gasteiger partial charge is 0.238 e. The van der Waals surface area contributed by atoms with E-state index < -0.39 is 0 Å². The van der Waals surface area contributed by atoms with Gasteiger partial charge in [-0.2, -0.15) is 4.98 Å². The van der Waals surface area contributed by atoms with E-state index in [0.717, 1.165) is 34.7 Å². The maximum atomic E-state index is 5.49. The fourth-order valence-corrected chi connectivity index (χ4v) is 3.09. The number of hydrogen-bond acceptors (Lipinski definition) is 4. The van der Waals surface area contributed by atoms with Crippen LogP contribution in [-0.4, -0.2) is 15.7 Å². The molecule has 0 unspecified atom stereocenters. The van der Waals surface area contributed by atoms with E-state index in [1.165, 1.54) is 0 Å². The molecule has 1 aliphatic rings. The van der Waals surface area contributed by atoms with E-state index in [1.54, 1.807) is 18.7 Å². The highest BCUT2D eigenvalue weighted by Gasteiger charge is 2.20. The zero-order valence-electron chi connectivity index (χ0n) is 11.2. The van der Waals surface area contributed by atoms with Gasteiger partial charge in [0.15, 0.2) is 5.82 Å². The number of nitrogens with zero attached hydrogens (tertiary/aromatic N) is 2. The maximum absolute atomic E-state index is 5.49. The van der Waals surface area contributed by atoms with Gasteiger partial charge < -0.3 is 4.74 Å². The molecule has 0 atom stereocenters. The van der Waals surface area contributed by atoms with E-state index in [-0.39, 0.29) is 0 Å². The lowest BCUT2D eigenvalue weighted by Gasteiger charge is -2.16. The van der Waals surface area contributed by atoms with Gasteiger partial charge in [-0.1, -0.05) is 36.3 Å². The normalized spacial score (nSPS) is 13.1. The lowest BCUT2D eigenvalue weighted by Crippen LogP contribution is -2.07. The summed E-state index contributed by atoms with van der Waals surface area (Å²) >= 11 is 1.77. The third-order valence-corrected chi connectivity index (χ3v) is 4.13. The largest absolute Gasteiger partial charge is 0.387 e. The number of ether oxygens (including phenoxy) is 1. The lowest BCUT2D eigenvalue weighted by atomic mass is 10.1. The zero-order chi connectivity index (χ0) is 13.8. The molecule has 4 heteroatoms. The van der Waals surface area contributed by atoms with Crippen molar-refractivity contribution in [3.8, 4) is 29.3 Å². The number of aromatic nitrogens is 2. The zero-order valence-corrected chi connectivity index (χ0v) is 12.0. The third kappa shape index (κ3) is 2.63. The van der Waals surface area contributed by atoms with Gasteiger partial charge in [0.05, 0.1) is 0 Å². The third-order valence-electron chi connectivity index (χ3n) is 3.02. The van der Waals surface area contributed by atoms with Crippen LogP contribution in [0.15, 0.2) is 35.4 Å². The van der Waals surface area contributed by atoms with Crippen molar-refractivity contribution in [2.75, 3.05) is 5.75 Å². The number of hydrogen-bond donors (Lipinski definition) is 0. The highest BCUT2D eigenvalue weighted by atomic mass is 32.2. The second kappa shape index (κ2) is 5.98. The second-order valence-corrected chi connectivity index (χ2v) is 5.49. The molecule has 0 N–H and O–H groups in total. The van der Waals surface area contributed by atoms with Crippen molar-refractivity contribution in [2.24, 2.45) is 0 Å². The Kier molecular flexibility index (Phi) is 3.89. The molecule has 2 aromatic rings. The Morgan fingerprint density at radius 1 is 1.20 bits per heavy atom. The van der Waals surface area contributed by atoms with Crippen LogP contribution in [0.25, 0.3) is 11.4 Å². The van der Waals surface area contributed by atoms with Gasteiger partial charge >= 0.3 is 0 Å². The molecular weight excluding hydrogens is 268 g/mol. The molecule has 1 aromatic carbocycles. The van der Waals surface area contributed by atoms with E-state index in [2.05, 4.69) is 22.0 Å². The van der Waals surface area contributed by atoms with Gasteiger partial charge in [0.1, 0.15) is 11.1 Å². The number of fused-ring (bicyclic) bond motifs is 1. The fraction of sp³-hybridized carbons (Fsp3) is 0.250. The first-order valence-electron chi connectivity index (χ1n) is 6.56. The van der Waals surface area contributed by atoms with Crippen LogP contribution < -0.4 is 4.74 Å². The van der Waals surface area contributed by atoms with Crippen LogP contribution >= 0.6 is 11.8 Å². The summed E-state index contributed by atoms with van der Waals surface area (Å²) in [7, 11) is 0. The van der Waals surface area contributed by atoms with Crippen molar-refractivity contribution in [2.45, 2.75) is 24.8 Å². The quantitative estimate of drug-likeness (QED) is 0.623. The minimum Gasteiger partial charge on any atom is -0.387 e. The number of thioether (sulfide) groups is 1. The summed E-state index contributed by atoms with van der Waals surface area (Å²) in [5.41, 5.74) is 2.08. The topological polar surface area (TPSA) is 35.0 Å². The molecule has 0 saturated carbocycles. The number of rotatable bonds is 2. The van der Waals surface area contributed by atoms with Crippen molar-refractivity contribution in [3.63, 3.8) is 0 Å². The summed E-state index contributed by atoms with van der Waals surface area (Å²) in [6, 6.07) is 9.96. The molecule has 0 fully saturated rings. The molecule has 100 valence electrons. The van der Waals surface area contributed by atoms with Gasteiger partial charge in [-0.25, -0.2) is 4.98 Å². The minimum atomic E-state index is 0.607. The summed E-state index contributed by atoms with van der Waals surface area (Å²) in [6.07, 6.45) is 4.73. The standard InChI is InChI=1S/C16H14N2OS/c1-2-10-19-15-13-9-6-11-20-16(13)18-14(17-15)12-7-4-3-5-8-12/h3-5,7-8H,6,9,11H2,1H3. The Balaban J connectivity index is 2.09. The van der Waals surface area contributed by atoms with Gasteiger partial charge in [-0.05, 0) is 18.6 Å². The summed E-state index contributed by atoms with van der Waals surface area (Å²) in [5.74, 6) is 5.14. The second-order valence-electron chi connectivity index (χ2n) is 4.41. The maximum Gasteiger partial charge on any atom is 0.238 e. The first kappa shape index (κ1) is 13.0. The Labute approximate surface area is 122 Å². The van der Waals surface area contributed by atoms with E-state index in [0.29, 0.717) is 11.7 Å². The summed E-state index contributed by atoms with van der Waals surface area (Å²) in [5, 5.41) is 1.03. The summed E-state index contributed by atoms with van der Waals surface area (Å²) in [6.45, 7) is 1.75. The van der Waals surface area contributed by atoms with Crippen molar-refractivity contribution < 1.29 is 4.74 Å². The average Bonchev–Trinajstić information content (AvgIpc) is 2.53. The van der Waals surface area contributed by atoms with Crippen LogP contribution in [0.5, 0.6) is 5.88 Å². The minimum absolute atomic E-state index is 0.607. The fourth-order valence-electron chi connectivity index (χ4n) is 2.09. The summed E-state index contributed by atoms with van der Waals surface area (Å²) in [4.78, 5) is 9.22. The van der Waals surface area contributed by atoms with Gasteiger partial charge in [0, 0.05) is 18.1 Å². The summed E-state index contributed by atoms with van der Waals surface area (Å²) < 4.78 is 5.49. The van der Waals surface area contributed by atoms with Crippen molar-refractivity contribution >= 4 is 11.8 Å². The first-order valence-corrected chi connectivity index (χ1v) is 7.55. The highest BCUT2D eigenvalue weighted by Crippen LogP contribution is 2.35. The van der Waals surface area contributed by atoms with Gasteiger partial charge in [-0.15, -0.1) is 11.8 Å². The van der Waals surface area contributed by atoms with Crippen LogP contribution in [-0.2, 0) is 6.42 Å². The monoisotopic (exact) mass is 282 g/mol. The Hall–Kier alpha value is -1.99. The van der Waals surface area contributed by atoms with Crippen LogP contribution in [0.1, 0.15) is 18.9 Å². The van der Waals surface area contributed by atoms with Crippen molar-refractivity contribution in [1.82, 2.24) is 9.97 Å². The highest BCUT2D eigenvalue weighted by molar-refractivity contribution is 7.99. The van der Waals surface area contributed by atoms with Crippen LogP contribution in [0.4, 0.5) is 0 Å². The molecule has 0 saturated heterocycles. The predicted octanol–water partition coefficient (Wildman–Crippen LogP) is 3.54. The molecule has 0 spiro atoms. The molecule has 0 bridgehead atoms. The van der Waals surface area contributed by atoms with E-state index in [9.17, 15) is 0 Å². The molecule has 0 radical (unpaired) electrons. The van der Waals surface area contributed by atoms with Gasteiger partial charge in [0.2, 0.25) is 5.88 Å². The SMILES string of the molecule is CC#COc1nc(-c2ccccc2)nc2c1CCCS2. The van der Waals surface area contributed by atoms with Gasteiger partial charge in [-0.3, -0.25) is 0 Å². The average molecular weight is 282 g/mol. The molecule has 1 aromatic heterocycles. The molecule has 1 aliphatic heterocycles. The molecule has 20 heavy (non-hydrogen) atoms. The van der Waals surface area contributed by atoms with Crippen LogP contribution in [0.3, 0.4) is 0 Å². The molecule has 0 amide bonds. The molecule has 2 heterocycles. The molecule has 3 nitrogen and oxygen atoms in total. The molecular formula is C16H14N2OS.